The van der Waals surface area contributed by atoms with Crippen LogP contribution in [0.2, 0.25) is 0 Å². The molecule has 1 aliphatic heterocycles. The Bertz CT molecular complexity index is 1330. The number of para-hydroxylation sites is 2. The van der Waals surface area contributed by atoms with Crippen molar-refractivity contribution in [3.63, 3.8) is 0 Å². The van der Waals surface area contributed by atoms with Gasteiger partial charge in [-0.3, -0.25) is 9.78 Å². The lowest BCUT2D eigenvalue weighted by atomic mass is 10.1. The Hall–Kier alpha value is -3.94. The minimum Gasteiger partial charge on any atom is -0.322 e. The van der Waals surface area contributed by atoms with Gasteiger partial charge in [0.1, 0.15) is 11.6 Å². The quantitative estimate of drug-likeness (QED) is 0.487. The summed E-state index contributed by atoms with van der Waals surface area (Å²) in [6, 6.07) is 12.0. The average molecular weight is 428 g/mol. The number of anilines is 1. The van der Waals surface area contributed by atoms with E-state index in [4.69, 9.17) is 0 Å². The van der Waals surface area contributed by atoms with Gasteiger partial charge < -0.3 is 9.88 Å². The van der Waals surface area contributed by atoms with Gasteiger partial charge in [0.05, 0.1) is 28.5 Å². The molecule has 0 saturated heterocycles. The van der Waals surface area contributed by atoms with Crippen molar-refractivity contribution in [1.29, 1.82) is 0 Å². The largest absolute Gasteiger partial charge is 0.322 e. The van der Waals surface area contributed by atoms with Gasteiger partial charge in [-0.2, -0.15) is 0 Å². The number of aromatic nitrogens is 5. The fraction of sp³-hybridized carbons (Fsp3) is 0.208. The number of benzene rings is 2. The molecule has 1 N–H and O–H groups in total. The van der Waals surface area contributed by atoms with E-state index in [1.807, 2.05) is 28.8 Å². The van der Waals surface area contributed by atoms with E-state index >= 15 is 0 Å². The molecule has 0 radical (unpaired) electrons. The van der Waals surface area contributed by atoms with Crippen LogP contribution in [-0.4, -0.2) is 30.6 Å². The van der Waals surface area contributed by atoms with Crippen molar-refractivity contribution in [2.24, 2.45) is 0 Å². The lowest BCUT2D eigenvalue weighted by molar-refractivity contribution is -0.111. The standard InChI is InChI=1S/C24H21FN6O/c25-19-11-9-16(14-18(19)24-30-29-22-8-2-1-5-13-31(22)24)28-23(32)12-10-17-15-26-20-6-3-4-7-21(20)27-17/h3-4,6-7,9-12,14-15H,1-2,5,8,13H2,(H,28,32)/b12-10+. The van der Waals surface area contributed by atoms with E-state index in [1.54, 1.807) is 18.3 Å². The maximum absolute atomic E-state index is 14.6. The molecule has 1 amide bonds. The molecule has 5 rings (SSSR count). The Labute approximate surface area is 184 Å². The summed E-state index contributed by atoms with van der Waals surface area (Å²) in [5.41, 5.74) is 2.93. The molecule has 3 heterocycles. The molecule has 0 unspecified atom stereocenters. The summed E-state index contributed by atoms with van der Waals surface area (Å²) in [6.45, 7) is 0.767. The SMILES string of the molecule is O=C(/C=C/c1cnc2ccccc2n1)Nc1ccc(F)c(-c2nnc3n2CCCCC3)c1. The second-order valence-electron chi connectivity index (χ2n) is 7.70. The van der Waals surface area contributed by atoms with Gasteiger partial charge in [-0.05, 0) is 49.2 Å². The predicted molar refractivity (Wildman–Crippen MR) is 120 cm³/mol. The van der Waals surface area contributed by atoms with Crippen LogP contribution in [0.3, 0.4) is 0 Å². The lowest BCUT2D eigenvalue weighted by Crippen LogP contribution is -2.09. The Kier molecular flexibility index (Phi) is 5.41. The van der Waals surface area contributed by atoms with E-state index in [0.717, 1.165) is 49.1 Å². The fourth-order valence-corrected chi connectivity index (χ4v) is 3.86. The first-order valence-electron chi connectivity index (χ1n) is 10.6. The van der Waals surface area contributed by atoms with Crippen LogP contribution in [0.5, 0.6) is 0 Å². The highest BCUT2D eigenvalue weighted by Gasteiger charge is 2.19. The van der Waals surface area contributed by atoms with E-state index in [9.17, 15) is 9.18 Å². The number of carbonyl (C=O) groups is 1. The van der Waals surface area contributed by atoms with E-state index < -0.39 is 5.82 Å². The van der Waals surface area contributed by atoms with Gasteiger partial charge in [-0.15, -0.1) is 10.2 Å². The minimum atomic E-state index is -0.399. The molecule has 0 aliphatic carbocycles. The van der Waals surface area contributed by atoms with Crippen molar-refractivity contribution in [2.75, 3.05) is 5.32 Å². The highest BCUT2D eigenvalue weighted by molar-refractivity contribution is 6.02. The number of amides is 1. The number of nitrogens with one attached hydrogen (secondary N) is 1. The molecule has 32 heavy (non-hydrogen) atoms. The normalized spacial score (nSPS) is 13.8. The number of hydrogen-bond acceptors (Lipinski definition) is 5. The molecule has 0 fully saturated rings. The minimum absolute atomic E-state index is 0.327. The summed E-state index contributed by atoms with van der Waals surface area (Å²) < 4.78 is 16.6. The molecular formula is C24H21FN6O. The Balaban J connectivity index is 1.35. The maximum atomic E-state index is 14.6. The molecule has 0 atom stereocenters. The van der Waals surface area contributed by atoms with Crippen molar-refractivity contribution in [3.8, 4) is 11.4 Å². The van der Waals surface area contributed by atoms with E-state index in [1.165, 1.54) is 18.2 Å². The molecule has 2 aromatic carbocycles. The van der Waals surface area contributed by atoms with Gasteiger partial charge in [0.25, 0.3) is 0 Å². The van der Waals surface area contributed by atoms with Gasteiger partial charge in [-0.25, -0.2) is 9.37 Å². The number of fused-ring (bicyclic) bond motifs is 2. The summed E-state index contributed by atoms with van der Waals surface area (Å²) in [4.78, 5) is 21.2. The number of aryl methyl sites for hydroxylation is 1. The first-order valence-corrected chi connectivity index (χ1v) is 10.6. The molecule has 1 aliphatic rings. The zero-order valence-electron chi connectivity index (χ0n) is 17.3. The van der Waals surface area contributed by atoms with Crippen molar-refractivity contribution in [2.45, 2.75) is 32.2 Å². The van der Waals surface area contributed by atoms with Crippen LogP contribution in [0, 0.1) is 5.82 Å². The third-order valence-corrected chi connectivity index (χ3v) is 5.46. The summed E-state index contributed by atoms with van der Waals surface area (Å²) >= 11 is 0. The van der Waals surface area contributed by atoms with Gasteiger partial charge in [0.2, 0.25) is 5.91 Å². The maximum Gasteiger partial charge on any atom is 0.248 e. The third-order valence-electron chi connectivity index (χ3n) is 5.46. The summed E-state index contributed by atoms with van der Waals surface area (Å²) in [6.07, 6.45) is 8.62. The van der Waals surface area contributed by atoms with Crippen molar-refractivity contribution in [1.82, 2.24) is 24.7 Å². The van der Waals surface area contributed by atoms with Crippen molar-refractivity contribution >= 4 is 28.7 Å². The topological polar surface area (TPSA) is 85.6 Å². The van der Waals surface area contributed by atoms with Crippen molar-refractivity contribution in [3.05, 3.63) is 72.1 Å². The number of carbonyl (C=O) groups excluding carboxylic acids is 1. The van der Waals surface area contributed by atoms with E-state index in [2.05, 4.69) is 25.5 Å². The average Bonchev–Trinajstić information content (AvgIpc) is 3.06. The smallest absolute Gasteiger partial charge is 0.248 e. The first kappa shape index (κ1) is 20.0. The zero-order valence-corrected chi connectivity index (χ0v) is 17.3. The Morgan fingerprint density at radius 2 is 1.94 bits per heavy atom. The highest BCUT2D eigenvalue weighted by Crippen LogP contribution is 2.27. The van der Waals surface area contributed by atoms with Gasteiger partial charge >= 0.3 is 0 Å². The molecule has 7 nitrogen and oxygen atoms in total. The highest BCUT2D eigenvalue weighted by atomic mass is 19.1. The van der Waals surface area contributed by atoms with Gasteiger partial charge in [0, 0.05) is 24.7 Å². The predicted octanol–water partition coefficient (Wildman–Crippen LogP) is 4.41. The fourth-order valence-electron chi connectivity index (χ4n) is 3.86. The molecule has 2 aromatic heterocycles. The Morgan fingerprint density at radius 1 is 1.06 bits per heavy atom. The molecule has 160 valence electrons. The number of rotatable bonds is 4. The van der Waals surface area contributed by atoms with Crippen LogP contribution in [0.1, 0.15) is 30.8 Å². The number of nitrogens with zero attached hydrogens (tertiary/aromatic N) is 5. The number of halogens is 1. The second kappa shape index (κ2) is 8.66. The van der Waals surface area contributed by atoms with Crippen LogP contribution >= 0.6 is 0 Å². The molecule has 4 aromatic rings. The lowest BCUT2D eigenvalue weighted by Gasteiger charge is -2.10. The van der Waals surface area contributed by atoms with Crippen LogP contribution in [0.25, 0.3) is 28.5 Å². The van der Waals surface area contributed by atoms with E-state index in [0.29, 0.717) is 22.8 Å². The molecule has 8 heteroatoms. The summed E-state index contributed by atoms with van der Waals surface area (Å²) in [5, 5.41) is 11.2. The van der Waals surface area contributed by atoms with E-state index in [-0.39, 0.29) is 5.91 Å². The van der Waals surface area contributed by atoms with Crippen LogP contribution in [0.15, 0.2) is 54.7 Å². The summed E-state index contributed by atoms with van der Waals surface area (Å²) in [7, 11) is 0. The van der Waals surface area contributed by atoms with Crippen LogP contribution in [-0.2, 0) is 17.8 Å². The second-order valence-corrected chi connectivity index (χ2v) is 7.70. The summed E-state index contributed by atoms with van der Waals surface area (Å²) in [5.74, 6) is 0.630. The monoisotopic (exact) mass is 428 g/mol. The van der Waals surface area contributed by atoms with Crippen LogP contribution < -0.4 is 5.32 Å². The third kappa shape index (κ3) is 4.12. The Morgan fingerprint density at radius 3 is 2.84 bits per heavy atom. The molecule has 0 bridgehead atoms. The van der Waals surface area contributed by atoms with Gasteiger partial charge in [0.15, 0.2) is 5.82 Å². The first-order chi connectivity index (χ1) is 15.7. The van der Waals surface area contributed by atoms with Gasteiger partial charge in [-0.1, -0.05) is 18.6 Å². The molecular weight excluding hydrogens is 407 g/mol. The van der Waals surface area contributed by atoms with Crippen LogP contribution in [0.4, 0.5) is 10.1 Å². The molecule has 0 saturated carbocycles. The molecule has 0 spiro atoms. The number of hydrogen-bond donors (Lipinski definition) is 1. The van der Waals surface area contributed by atoms with Crippen molar-refractivity contribution < 1.29 is 9.18 Å². The zero-order chi connectivity index (χ0) is 21.9.